The number of carbonyl (C=O) groups excluding carboxylic acids is 2. The second kappa shape index (κ2) is 9.84. The number of benzene rings is 1. The first kappa shape index (κ1) is 24.9. The fourth-order valence-electron chi connectivity index (χ4n) is 5.97. The van der Waals surface area contributed by atoms with Crippen LogP contribution in [0, 0.1) is 0 Å². The Balaban J connectivity index is 1.25. The molecule has 0 bridgehead atoms. The fourth-order valence-corrected chi connectivity index (χ4v) is 5.97. The zero-order valence-corrected chi connectivity index (χ0v) is 22.6. The summed E-state index contributed by atoms with van der Waals surface area (Å²) in [6.45, 7) is 0. The van der Waals surface area contributed by atoms with Gasteiger partial charge in [-0.05, 0) is 72.9 Å². The fraction of sp³-hybridized carbons (Fsp3) is 0.267. The second-order valence-corrected chi connectivity index (χ2v) is 10.6. The van der Waals surface area contributed by atoms with Gasteiger partial charge in [0, 0.05) is 50.2 Å². The average molecular weight is 548 g/mol. The Bertz CT molecular complexity index is 1790. The van der Waals surface area contributed by atoms with E-state index in [4.69, 9.17) is 15.7 Å². The van der Waals surface area contributed by atoms with Gasteiger partial charge in [0.2, 0.25) is 11.8 Å². The molecule has 41 heavy (non-hydrogen) atoms. The summed E-state index contributed by atoms with van der Waals surface area (Å²) in [6.07, 6.45) is 8.44. The number of nitrogens with zero attached hydrogens (tertiary/aromatic N) is 7. The Morgan fingerprint density at radius 1 is 1.07 bits per heavy atom. The van der Waals surface area contributed by atoms with Crippen LogP contribution in [0.5, 0.6) is 0 Å². The van der Waals surface area contributed by atoms with Crippen LogP contribution in [0.1, 0.15) is 42.9 Å². The number of nitrogens with two attached hydrogens (primary N) is 1. The van der Waals surface area contributed by atoms with Gasteiger partial charge in [0.1, 0.15) is 11.3 Å². The van der Waals surface area contributed by atoms with Crippen molar-refractivity contribution in [3.63, 3.8) is 0 Å². The standard InChI is InChI=1S/C30H29N9O2/c1-37-19(7-12-27(37)41)17-26(40)34-23-9-5-18-16-20(6-8-21(18)23)39-29(22-4-2-13-32-28(22)31)35-24-10-11-25(36-30(24)39)38-15-3-14-33-38/h2-4,6,8,10-11,13-16,19,23H,5,7,9,12,17H2,1H3,(H2,31,32)(H,34,40). The van der Waals surface area contributed by atoms with Crippen molar-refractivity contribution in [1.82, 2.24) is 39.5 Å². The van der Waals surface area contributed by atoms with E-state index in [1.807, 2.05) is 47.2 Å². The molecule has 1 aliphatic carbocycles. The van der Waals surface area contributed by atoms with Crippen molar-refractivity contribution in [2.24, 2.45) is 0 Å². The largest absolute Gasteiger partial charge is 0.383 e. The van der Waals surface area contributed by atoms with E-state index >= 15 is 0 Å². The maximum absolute atomic E-state index is 12.9. The SMILES string of the molecule is CN1C(=O)CCC1CC(=O)NC1CCc2cc(-n3c(-c4cccnc4N)nc4ccc(-n5cccn5)nc43)ccc21. The Morgan fingerprint density at radius 3 is 2.76 bits per heavy atom. The summed E-state index contributed by atoms with van der Waals surface area (Å²) in [5.41, 5.74) is 11.6. The second-order valence-electron chi connectivity index (χ2n) is 10.6. The number of anilines is 1. The molecule has 1 aromatic carbocycles. The van der Waals surface area contributed by atoms with E-state index in [0.717, 1.165) is 41.6 Å². The third-order valence-electron chi connectivity index (χ3n) is 8.16. The van der Waals surface area contributed by atoms with Gasteiger partial charge in [-0.15, -0.1) is 0 Å². The van der Waals surface area contributed by atoms with Crippen molar-refractivity contribution in [3.8, 4) is 22.9 Å². The molecule has 5 heterocycles. The van der Waals surface area contributed by atoms with E-state index < -0.39 is 0 Å². The number of fused-ring (bicyclic) bond motifs is 2. The monoisotopic (exact) mass is 547 g/mol. The molecule has 7 rings (SSSR count). The molecule has 0 radical (unpaired) electrons. The van der Waals surface area contributed by atoms with Gasteiger partial charge in [-0.25, -0.2) is 19.6 Å². The lowest BCUT2D eigenvalue weighted by Gasteiger charge is -2.21. The Labute approximate surface area is 236 Å². The van der Waals surface area contributed by atoms with Crippen LogP contribution in [0.4, 0.5) is 5.82 Å². The van der Waals surface area contributed by atoms with Crippen LogP contribution in [0.3, 0.4) is 0 Å². The van der Waals surface area contributed by atoms with Crippen molar-refractivity contribution in [2.75, 3.05) is 12.8 Å². The zero-order chi connectivity index (χ0) is 28.1. The molecule has 4 aromatic heterocycles. The molecule has 11 nitrogen and oxygen atoms in total. The van der Waals surface area contributed by atoms with Gasteiger partial charge in [0.25, 0.3) is 0 Å². The number of aromatic nitrogens is 6. The van der Waals surface area contributed by atoms with Crippen LogP contribution in [0.15, 0.2) is 67.1 Å². The number of amides is 2. The molecular weight excluding hydrogens is 518 g/mol. The van der Waals surface area contributed by atoms with E-state index in [0.29, 0.717) is 41.5 Å². The molecule has 0 spiro atoms. The first-order valence-corrected chi connectivity index (χ1v) is 13.7. The number of hydrogen-bond donors (Lipinski definition) is 2. The first-order chi connectivity index (χ1) is 20.0. The van der Waals surface area contributed by atoms with E-state index in [1.165, 1.54) is 0 Å². The predicted molar refractivity (Wildman–Crippen MR) is 153 cm³/mol. The Morgan fingerprint density at radius 2 is 1.98 bits per heavy atom. The summed E-state index contributed by atoms with van der Waals surface area (Å²) in [5, 5.41) is 7.54. The number of rotatable bonds is 6. The third kappa shape index (κ3) is 4.39. The van der Waals surface area contributed by atoms with Gasteiger partial charge >= 0.3 is 0 Å². The minimum absolute atomic E-state index is 0.0243. The van der Waals surface area contributed by atoms with Gasteiger partial charge in [-0.1, -0.05) is 6.07 Å². The highest BCUT2D eigenvalue weighted by Crippen LogP contribution is 2.36. The molecule has 1 fully saturated rings. The summed E-state index contributed by atoms with van der Waals surface area (Å²) in [7, 11) is 1.78. The number of likely N-dealkylation sites (tertiary alicyclic amines) is 1. The maximum Gasteiger partial charge on any atom is 0.222 e. The molecule has 0 saturated carbocycles. The molecule has 2 atom stereocenters. The smallest absolute Gasteiger partial charge is 0.222 e. The Kier molecular flexibility index (Phi) is 5.99. The number of nitrogens with one attached hydrogen (secondary N) is 1. The molecule has 5 aromatic rings. The summed E-state index contributed by atoms with van der Waals surface area (Å²) in [6, 6.07) is 15.6. The van der Waals surface area contributed by atoms with Gasteiger partial charge in [0.05, 0.1) is 11.6 Å². The number of hydrogen-bond acceptors (Lipinski definition) is 7. The van der Waals surface area contributed by atoms with Crippen LogP contribution < -0.4 is 11.1 Å². The molecule has 2 amide bonds. The van der Waals surface area contributed by atoms with Gasteiger partial charge in [-0.3, -0.25) is 14.2 Å². The lowest BCUT2D eigenvalue weighted by Crippen LogP contribution is -2.35. The molecule has 2 unspecified atom stereocenters. The van der Waals surface area contributed by atoms with Crippen LogP contribution in [0.25, 0.3) is 34.1 Å². The van der Waals surface area contributed by atoms with Crippen molar-refractivity contribution >= 4 is 28.8 Å². The zero-order valence-electron chi connectivity index (χ0n) is 22.6. The van der Waals surface area contributed by atoms with E-state index in [-0.39, 0.29) is 23.9 Å². The van der Waals surface area contributed by atoms with Crippen LogP contribution in [-0.4, -0.2) is 59.1 Å². The lowest BCUT2D eigenvalue weighted by atomic mass is 10.1. The molecule has 2 aliphatic rings. The predicted octanol–water partition coefficient (Wildman–Crippen LogP) is 3.36. The quantitative estimate of drug-likeness (QED) is 0.333. The van der Waals surface area contributed by atoms with E-state index in [9.17, 15) is 9.59 Å². The lowest BCUT2D eigenvalue weighted by molar-refractivity contribution is -0.128. The number of pyridine rings is 2. The molecule has 11 heteroatoms. The van der Waals surface area contributed by atoms with Crippen molar-refractivity contribution in [3.05, 3.63) is 78.2 Å². The molecule has 206 valence electrons. The van der Waals surface area contributed by atoms with E-state index in [2.05, 4.69) is 27.5 Å². The third-order valence-corrected chi connectivity index (χ3v) is 8.16. The Hall–Kier alpha value is -5.06. The molecule has 3 N–H and O–H groups in total. The molecular formula is C30H29N9O2. The highest BCUT2D eigenvalue weighted by atomic mass is 16.2. The normalized spacial score (nSPS) is 18.3. The average Bonchev–Trinajstić information content (AvgIpc) is 3.77. The van der Waals surface area contributed by atoms with Gasteiger partial charge in [0.15, 0.2) is 17.3 Å². The van der Waals surface area contributed by atoms with Crippen molar-refractivity contribution < 1.29 is 9.59 Å². The molecule has 1 saturated heterocycles. The molecule has 1 aliphatic heterocycles. The van der Waals surface area contributed by atoms with Crippen molar-refractivity contribution in [1.29, 1.82) is 0 Å². The van der Waals surface area contributed by atoms with Crippen molar-refractivity contribution in [2.45, 2.75) is 44.2 Å². The minimum Gasteiger partial charge on any atom is -0.383 e. The highest BCUT2D eigenvalue weighted by Gasteiger charge is 2.31. The number of imidazole rings is 1. The summed E-state index contributed by atoms with van der Waals surface area (Å²) >= 11 is 0. The summed E-state index contributed by atoms with van der Waals surface area (Å²) in [5.74, 6) is 1.78. The maximum atomic E-state index is 12.9. The van der Waals surface area contributed by atoms with Crippen LogP contribution in [0.2, 0.25) is 0 Å². The van der Waals surface area contributed by atoms with Crippen LogP contribution in [-0.2, 0) is 16.0 Å². The topological polar surface area (TPSA) is 137 Å². The van der Waals surface area contributed by atoms with Gasteiger partial charge in [-0.2, -0.15) is 5.10 Å². The number of carbonyl (C=O) groups is 2. The number of nitrogen functional groups attached to an aromatic ring is 1. The highest BCUT2D eigenvalue weighted by molar-refractivity contribution is 5.84. The first-order valence-electron chi connectivity index (χ1n) is 13.7. The van der Waals surface area contributed by atoms with E-state index in [1.54, 1.807) is 29.0 Å². The van der Waals surface area contributed by atoms with Crippen LogP contribution >= 0.6 is 0 Å². The van der Waals surface area contributed by atoms with Gasteiger partial charge < -0.3 is 16.0 Å². The minimum atomic E-state index is -0.0635. The summed E-state index contributed by atoms with van der Waals surface area (Å²) in [4.78, 5) is 40.6. The number of aryl methyl sites for hydroxylation is 1. The summed E-state index contributed by atoms with van der Waals surface area (Å²) < 4.78 is 3.72.